The number of carboxylic acids is 1. The number of hydrogen-bond acceptors (Lipinski definition) is 3. The first-order valence-electron chi connectivity index (χ1n) is 1.64. The van der Waals surface area contributed by atoms with Crippen LogP contribution < -0.4 is 0 Å². The number of alkyl halides is 2. The van der Waals surface area contributed by atoms with E-state index in [4.69, 9.17) is 5.11 Å². The Morgan fingerprint density at radius 2 is 2.22 bits per heavy atom. The van der Waals surface area contributed by atoms with Crippen molar-refractivity contribution in [2.24, 2.45) is 0 Å². The van der Waals surface area contributed by atoms with Crippen LogP contribution in [0.2, 0.25) is 0 Å². The fraction of sp³-hybridized carbons (Fsp3) is 0.500. The molecule has 1 unspecified atom stereocenters. The molecule has 0 aliphatic carbocycles. The average molecular weight is 202 g/mol. The van der Waals surface area contributed by atoms with E-state index in [9.17, 15) is 19.3 Å². The molecular weight excluding hydrogens is 201 g/mol. The van der Waals surface area contributed by atoms with Crippen LogP contribution in [-0.4, -0.2) is 20.7 Å². The van der Waals surface area contributed by atoms with E-state index in [0.29, 0.717) is 0 Å². The summed E-state index contributed by atoms with van der Waals surface area (Å²) in [5.41, 5.74) is 0. The van der Waals surface area contributed by atoms with Crippen molar-refractivity contribution in [3.8, 4) is 0 Å². The number of carbonyl (C=O) groups is 1. The average Bonchev–Trinajstić information content (AvgIpc) is 1.65. The first kappa shape index (κ1) is 8.28. The smallest absolute Gasteiger partial charge is 0.473 e. The third kappa shape index (κ3) is 1.60. The Kier molecular flexibility index (Phi) is 2.08. The molecule has 0 saturated heterocycles. The van der Waals surface area contributed by atoms with Crippen LogP contribution in [0.4, 0.5) is 4.39 Å². The molecule has 9 heavy (non-hydrogen) atoms. The van der Waals surface area contributed by atoms with E-state index in [1.54, 1.807) is 15.9 Å². The summed E-state index contributed by atoms with van der Waals surface area (Å²) in [4.78, 5) is 17.5. The number of halogens is 2. The Labute approximate surface area is 56.7 Å². The number of rotatable bonds is 2. The van der Waals surface area contributed by atoms with E-state index in [1.807, 2.05) is 0 Å². The van der Waals surface area contributed by atoms with Crippen molar-refractivity contribution < 1.29 is 19.2 Å². The van der Waals surface area contributed by atoms with Crippen molar-refractivity contribution in [2.75, 3.05) is 0 Å². The highest BCUT2D eigenvalue weighted by Gasteiger charge is 2.49. The van der Waals surface area contributed by atoms with Crippen molar-refractivity contribution in [1.82, 2.24) is 0 Å². The maximum absolute atomic E-state index is 12.0. The highest BCUT2D eigenvalue weighted by molar-refractivity contribution is 9.10. The van der Waals surface area contributed by atoms with E-state index in [1.165, 1.54) is 0 Å². The van der Waals surface area contributed by atoms with Crippen LogP contribution in [-0.2, 0) is 4.79 Å². The van der Waals surface area contributed by atoms with Crippen molar-refractivity contribution in [3.05, 3.63) is 10.1 Å². The monoisotopic (exact) mass is 201 g/mol. The molecule has 0 fully saturated rings. The molecule has 0 heterocycles. The van der Waals surface area contributed by atoms with Gasteiger partial charge in [0.05, 0.1) is 20.9 Å². The Morgan fingerprint density at radius 3 is 2.22 bits per heavy atom. The molecule has 0 bridgehead atoms. The Balaban J connectivity index is 4.38. The highest BCUT2D eigenvalue weighted by Crippen LogP contribution is 2.19. The summed E-state index contributed by atoms with van der Waals surface area (Å²) in [6.07, 6.45) is 0. The van der Waals surface area contributed by atoms with Crippen LogP contribution >= 0.6 is 15.9 Å². The zero-order valence-corrected chi connectivity index (χ0v) is 5.46. The standard InChI is InChI=1S/C2HBrFNO4/c3-2(4,1(6)7)5(8)9/h(H,6,7). The molecule has 0 radical (unpaired) electrons. The largest absolute Gasteiger partial charge is 0.510 e. The van der Waals surface area contributed by atoms with E-state index >= 15 is 0 Å². The van der Waals surface area contributed by atoms with Gasteiger partial charge in [0.25, 0.3) is 0 Å². The van der Waals surface area contributed by atoms with Gasteiger partial charge in [0.15, 0.2) is 0 Å². The maximum atomic E-state index is 12.0. The Bertz CT molecular complexity index is 141. The zero-order valence-electron chi connectivity index (χ0n) is 3.88. The first-order valence-corrected chi connectivity index (χ1v) is 2.44. The van der Waals surface area contributed by atoms with E-state index in [0.717, 1.165) is 0 Å². The van der Waals surface area contributed by atoms with Crippen molar-refractivity contribution in [3.63, 3.8) is 0 Å². The molecule has 0 rings (SSSR count). The minimum Gasteiger partial charge on any atom is -0.473 e. The van der Waals surface area contributed by atoms with Gasteiger partial charge < -0.3 is 5.11 Å². The fourth-order valence-electron chi connectivity index (χ4n) is 0.0781. The summed E-state index contributed by atoms with van der Waals surface area (Å²) < 4.78 is 8.41. The predicted molar refractivity (Wildman–Crippen MR) is 27.4 cm³/mol. The summed E-state index contributed by atoms with van der Waals surface area (Å²) in [6.45, 7) is 0. The Morgan fingerprint density at radius 1 is 1.89 bits per heavy atom. The zero-order chi connectivity index (χ0) is 7.65. The van der Waals surface area contributed by atoms with Crippen molar-refractivity contribution in [1.29, 1.82) is 0 Å². The molecule has 0 aromatic rings. The lowest BCUT2D eigenvalue weighted by molar-refractivity contribution is -0.552. The summed E-state index contributed by atoms with van der Waals surface area (Å²) >= 11 is 1.75. The normalized spacial score (nSPS) is 16.2. The fourth-order valence-corrected chi connectivity index (χ4v) is 0.0781. The number of nitro groups is 1. The summed E-state index contributed by atoms with van der Waals surface area (Å²) in [5.74, 6) is -2.17. The molecule has 1 atom stereocenters. The lowest BCUT2D eigenvalue weighted by Gasteiger charge is -2.00. The van der Waals surface area contributed by atoms with Gasteiger partial charge in [-0.05, 0) is 0 Å². The molecule has 0 amide bonds. The lowest BCUT2D eigenvalue weighted by Crippen LogP contribution is -2.34. The van der Waals surface area contributed by atoms with Gasteiger partial charge in [-0.25, -0.2) is 4.79 Å². The molecular formula is C2HBrFNO4. The van der Waals surface area contributed by atoms with Crippen LogP contribution in [0, 0.1) is 10.1 Å². The van der Waals surface area contributed by atoms with Crippen LogP contribution in [0.15, 0.2) is 0 Å². The van der Waals surface area contributed by atoms with Gasteiger partial charge in [0.1, 0.15) is 0 Å². The van der Waals surface area contributed by atoms with E-state index in [2.05, 4.69) is 0 Å². The van der Waals surface area contributed by atoms with Gasteiger partial charge in [0, 0.05) is 0 Å². The molecule has 52 valence electrons. The summed E-state index contributed by atoms with van der Waals surface area (Å²) in [5, 5.41) is 17.2. The number of aliphatic carboxylic acids is 1. The van der Waals surface area contributed by atoms with Crippen LogP contribution in [0.5, 0.6) is 0 Å². The SMILES string of the molecule is O=C(O)C(F)(Br)[N+](=O)[O-]. The van der Waals surface area contributed by atoms with Gasteiger partial charge in [-0.3, -0.25) is 10.1 Å². The molecule has 0 aromatic carbocycles. The van der Waals surface area contributed by atoms with Crippen molar-refractivity contribution >= 4 is 21.9 Å². The summed E-state index contributed by atoms with van der Waals surface area (Å²) in [6, 6.07) is 0. The number of carboxylic acid groups (broad SMARTS) is 1. The van der Waals surface area contributed by atoms with Gasteiger partial charge in [-0.2, -0.15) is 0 Å². The topological polar surface area (TPSA) is 80.4 Å². The van der Waals surface area contributed by atoms with Gasteiger partial charge >= 0.3 is 10.7 Å². The molecule has 5 nitrogen and oxygen atoms in total. The molecule has 1 N–H and O–H groups in total. The molecule has 0 saturated carbocycles. The number of hydrogen-bond donors (Lipinski definition) is 1. The minimum atomic E-state index is -3.55. The van der Waals surface area contributed by atoms with Crippen LogP contribution in [0.3, 0.4) is 0 Å². The maximum Gasteiger partial charge on any atom is 0.510 e. The van der Waals surface area contributed by atoms with Crippen LogP contribution in [0.25, 0.3) is 0 Å². The van der Waals surface area contributed by atoms with Gasteiger partial charge in [-0.15, -0.1) is 4.39 Å². The van der Waals surface area contributed by atoms with E-state index in [-0.39, 0.29) is 0 Å². The Hall–Kier alpha value is -0.720. The molecule has 0 aliphatic heterocycles. The van der Waals surface area contributed by atoms with Crippen molar-refractivity contribution in [2.45, 2.75) is 4.70 Å². The number of nitrogens with zero attached hydrogens (tertiary/aromatic N) is 1. The minimum absolute atomic E-state index is 1.59. The van der Waals surface area contributed by atoms with Crippen LogP contribution in [0.1, 0.15) is 0 Å². The van der Waals surface area contributed by atoms with Gasteiger partial charge in [-0.1, -0.05) is 0 Å². The molecule has 0 aromatic heterocycles. The van der Waals surface area contributed by atoms with E-state index < -0.39 is 15.6 Å². The predicted octanol–water partition coefficient (Wildman–Crippen LogP) is 0.366. The van der Waals surface area contributed by atoms with Gasteiger partial charge in [0.2, 0.25) is 0 Å². The third-order valence-corrected chi connectivity index (χ3v) is 1.12. The lowest BCUT2D eigenvalue weighted by atomic mass is 10.6. The molecule has 0 aliphatic rings. The third-order valence-electron chi connectivity index (χ3n) is 0.487. The second-order valence-electron chi connectivity index (χ2n) is 1.10. The highest BCUT2D eigenvalue weighted by atomic mass is 79.9. The quantitative estimate of drug-likeness (QED) is 0.303. The molecule has 7 heteroatoms. The molecule has 0 spiro atoms. The second-order valence-corrected chi connectivity index (χ2v) is 2.15. The second kappa shape index (κ2) is 2.26. The first-order chi connectivity index (χ1) is 3.89. The summed E-state index contributed by atoms with van der Waals surface area (Å²) in [7, 11) is 0.